The number of carbonyl (C=O) groups is 1. The van der Waals surface area contributed by atoms with Gasteiger partial charge in [0.1, 0.15) is 5.82 Å². The third-order valence-electron chi connectivity index (χ3n) is 3.87. The highest BCUT2D eigenvalue weighted by Gasteiger charge is 2.19. The Hall–Kier alpha value is -2.28. The molecule has 128 valence electrons. The highest BCUT2D eigenvalue weighted by atomic mass is 35.5. The summed E-state index contributed by atoms with van der Waals surface area (Å²) in [5.41, 5.74) is 0.404. The van der Waals surface area contributed by atoms with E-state index < -0.39 is 0 Å². The molecule has 1 amide bonds. The first kappa shape index (κ1) is 16.6. The molecule has 2 aromatic rings. The van der Waals surface area contributed by atoms with Gasteiger partial charge in [-0.1, -0.05) is 11.6 Å². The first-order valence-electron chi connectivity index (χ1n) is 7.83. The van der Waals surface area contributed by atoms with Gasteiger partial charge in [-0.15, -0.1) is 10.2 Å². The molecule has 0 atom stereocenters. The lowest BCUT2D eigenvalue weighted by molar-refractivity contribution is 0.0949. The SMILES string of the molecule is CCOc1c(Cl)cc(C(=O)NCc2nnc3n2CCC3)cc1OC. The molecule has 8 heteroatoms. The summed E-state index contributed by atoms with van der Waals surface area (Å²) >= 11 is 6.20. The molecule has 7 nitrogen and oxygen atoms in total. The predicted molar refractivity (Wildman–Crippen MR) is 88.7 cm³/mol. The number of halogens is 1. The van der Waals surface area contributed by atoms with Crippen LogP contribution >= 0.6 is 11.6 Å². The fourth-order valence-electron chi connectivity index (χ4n) is 2.74. The molecule has 1 aliphatic rings. The predicted octanol–water partition coefficient (Wildman–Crippen LogP) is 2.21. The molecular weight excluding hydrogens is 332 g/mol. The molecule has 1 aromatic carbocycles. The van der Waals surface area contributed by atoms with E-state index in [4.69, 9.17) is 21.1 Å². The van der Waals surface area contributed by atoms with E-state index in [1.807, 2.05) is 11.5 Å². The number of methoxy groups -OCH3 is 1. The van der Waals surface area contributed by atoms with Crippen molar-refractivity contribution in [2.24, 2.45) is 0 Å². The van der Waals surface area contributed by atoms with E-state index in [2.05, 4.69) is 15.5 Å². The monoisotopic (exact) mass is 350 g/mol. The summed E-state index contributed by atoms with van der Waals surface area (Å²) in [5.74, 6) is 2.35. The Bertz CT molecular complexity index is 760. The van der Waals surface area contributed by atoms with Gasteiger partial charge in [0.15, 0.2) is 17.3 Å². The molecule has 3 rings (SSSR count). The topological polar surface area (TPSA) is 78.3 Å². The Kier molecular flexibility index (Phi) is 4.89. The van der Waals surface area contributed by atoms with Crippen LogP contribution in [0.2, 0.25) is 5.02 Å². The zero-order valence-corrected chi connectivity index (χ0v) is 14.4. The second-order valence-electron chi connectivity index (χ2n) is 5.39. The molecule has 0 unspecified atom stereocenters. The van der Waals surface area contributed by atoms with Gasteiger partial charge in [-0.3, -0.25) is 4.79 Å². The summed E-state index contributed by atoms with van der Waals surface area (Å²) in [4.78, 5) is 12.4. The molecule has 0 saturated carbocycles. The lowest BCUT2D eigenvalue weighted by Gasteiger charge is -2.13. The average Bonchev–Trinajstić information content (AvgIpc) is 3.18. The third-order valence-corrected chi connectivity index (χ3v) is 4.15. The van der Waals surface area contributed by atoms with Gasteiger partial charge in [0.25, 0.3) is 5.91 Å². The second kappa shape index (κ2) is 7.09. The van der Waals surface area contributed by atoms with Crippen LogP contribution in [0.15, 0.2) is 12.1 Å². The Balaban J connectivity index is 1.73. The van der Waals surface area contributed by atoms with Crippen LogP contribution in [0, 0.1) is 0 Å². The first-order chi connectivity index (χ1) is 11.6. The maximum Gasteiger partial charge on any atom is 0.251 e. The zero-order valence-electron chi connectivity index (χ0n) is 13.6. The van der Waals surface area contributed by atoms with Gasteiger partial charge in [-0.25, -0.2) is 0 Å². The number of aromatic nitrogens is 3. The zero-order chi connectivity index (χ0) is 17.1. The minimum Gasteiger partial charge on any atom is -0.493 e. The highest BCUT2D eigenvalue weighted by molar-refractivity contribution is 6.32. The normalized spacial score (nSPS) is 12.8. The van der Waals surface area contributed by atoms with Gasteiger partial charge in [-0.05, 0) is 25.5 Å². The van der Waals surface area contributed by atoms with Crippen molar-refractivity contribution in [2.75, 3.05) is 13.7 Å². The molecule has 1 N–H and O–H groups in total. The standard InChI is InChI=1S/C16H19ClN4O3/c1-3-24-15-11(17)7-10(8-12(15)23-2)16(22)18-9-14-20-19-13-5-4-6-21(13)14/h7-8H,3-6,9H2,1-2H3,(H,18,22). The van der Waals surface area contributed by atoms with E-state index in [0.717, 1.165) is 31.0 Å². The van der Waals surface area contributed by atoms with Crippen LogP contribution in [0.4, 0.5) is 0 Å². The third kappa shape index (κ3) is 3.17. The summed E-state index contributed by atoms with van der Waals surface area (Å²) in [6.07, 6.45) is 2.00. The van der Waals surface area contributed by atoms with E-state index in [1.165, 1.54) is 7.11 Å². The molecule has 0 radical (unpaired) electrons. The number of rotatable bonds is 6. The number of carbonyl (C=O) groups excluding carboxylic acids is 1. The van der Waals surface area contributed by atoms with Crippen molar-refractivity contribution >= 4 is 17.5 Å². The lowest BCUT2D eigenvalue weighted by atomic mass is 10.2. The van der Waals surface area contributed by atoms with Crippen molar-refractivity contribution in [3.63, 3.8) is 0 Å². The van der Waals surface area contributed by atoms with Gasteiger partial charge in [-0.2, -0.15) is 0 Å². The molecule has 0 saturated heterocycles. The largest absolute Gasteiger partial charge is 0.493 e. The maximum absolute atomic E-state index is 12.4. The Morgan fingerprint density at radius 1 is 1.42 bits per heavy atom. The van der Waals surface area contributed by atoms with E-state index >= 15 is 0 Å². The van der Waals surface area contributed by atoms with Crippen molar-refractivity contribution in [1.82, 2.24) is 20.1 Å². The summed E-state index contributed by atoms with van der Waals surface area (Å²) in [7, 11) is 1.51. The van der Waals surface area contributed by atoms with Gasteiger partial charge < -0.3 is 19.4 Å². The van der Waals surface area contributed by atoms with Crippen LogP contribution < -0.4 is 14.8 Å². The van der Waals surface area contributed by atoms with Gasteiger partial charge in [0.05, 0.1) is 25.3 Å². The van der Waals surface area contributed by atoms with Crippen LogP contribution in [0.5, 0.6) is 11.5 Å². The molecule has 24 heavy (non-hydrogen) atoms. The Morgan fingerprint density at radius 3 is 3.00 bits per heavy atom. The van der Waals surface area contributed by atoms with Crippen molar-refractivity contribution < 1.29 is 14.3 Å². The molecule has 0 fully saturated rings. The number of benzene rings is 1. The summed E-state index contributed by atoms with van der Waals surface area (Å²) in [5, 5.41) is 11.4. The molecular formula is C16H19ClN4O3. The summed E-state index contributed by atoms with van der Waals surface area (Å²) in [6, 6.07) is 3.18. The first-order valence-corrected chi connectivity index (χ1v) is 8.21. The van der Waals surface area contributed by atoms with Crippen molar-refractivity contribution in [2.45, 2.75) is 32.9 Å². The minimum atomic E-state index is -0.256. The number of amides is 1. The van der Waals surface area contributed by atoms with Crippen LogP contribution in [0.3, 0.4) is 0 Å². The number of ether oxygens (including phenoxy) is 2. The maximum atomic E-state index is 12.4. The Labute approximate surface area is 144 Å². The van der Waals surface area contributed by atoms with Crippen LogP contribution in [0.1, 0.15) is 35.4 Å². The molecule has 2 heterocycles. The van der Waals surface area contributed by atoms with Crippen molar-refractivity contribution in [1.29, 1.82) is 0 Å². The van der Waals surface area contributed by atoms with Gasteiger partial charge >= 0.3 is 0 Å². The lowest BCUT2D eigenvalue weighted by Crippen LogP contribution is -2.24. The smallest absolute Gasteiger partial charge is 0.251 e. The van der Waals surface area contributed by atoms with E-state index in [-0.39, 0.29) is 5.91 Å². The molecule has 1 aliphatic heterocycles. The van der Waals surface area contributed by atoms with Gasteiger partial charge in [0, 0.05) is 18.5 Å². The Morgan fingerprint density at radius 2 is 2.25 bits per heavy atom. The molecule has 0 spiro atoms. The quantitative estimate of drug-likeness (QED) is 0.864. The van der Waals surface area contributed by atoms with E-state index in [9.17, 15) is 4.79 Å². The average molecular weight is 351 g/mol. The number of hydrogen-bond donors (Lipinski definition) is 1. The number of hydrogen-bond acceptors (Lipinski definition) is 5. The minimum absolute atomic E-state index is 0.256. The van der Waals surface area contributed by atoms with E-state index in [0.29, 0.717) is 35.2 Å². The van der Waals surface area contributed by atoms with Gasteiger partial charge in [0.2, 0.25) is 0 Å². The van der Waals surface area contributed by atoms with Crippen molar-refractivity contribution in [3.05, 3.63) is 34.4 Å². The summed E-state index contributed by atoms with van der Waals surface area (Å²) in [6.45, 7) is 3.53. The van der Waals surface area contributed by atoms with Crippen LogP contribution in [-0.4, -0.2) is 34.4 Å². The number of nitrogens with one attached hydrogen (secondary N) is 1. The second-order valence-corrected chi connectivity index (χ2v) is 5.80. The molecule has 0 bridgehead atoms. The number of fused-ring (bicyclic) bond motifs is 1. The van der Waals surface area contributed by atoms with E-state index in [1.54, 1.807) is 12.1 Å². The fourth-order valence-corrected chi connectivity index (χ4v) is 3.00. The van der Waals surface area contributed by atoms with Crippen molar-refractivity contribution in [3.8, 4) is 11.5 Å². The molecule has 1 aromatic heterocycles. The summed E-state index contributed by atoms with van der Waals surface area (Å²) < 4.78 is 12.8. The van der Waals surface area contributed by atoms with Crippen LogP contribution in [-0.2, 0) is 19.5 Å². The van der Waals surface area contributed by atoms with Crippen LogP contribution in [0.25, 0.3) is 0 Å². The number of nitrogens with zero attached hydrogens (tertiary/aromatic N) is 3. The number of aryl methyl sites for hydroxylation is 1. The highest BCUT2D eigenvalue weighted by Crippen LogP contribution is 2.36. The fraction of sp³-hybridized carbons (Fsp3) is 0.438. The molecule has 0 aliphatic carbocycles.